The molecule has 0 spiro atoms. The number of nitrogens with zero attached hydrogens (tertiary/aromatic N) is 2. The second-order valence-electron chi connectivity index (χ2n) is 6.09. The van der Waals surface area contributed by atoms with Crippen LogP contribution in [-0.2, 0) is 4.74 Å². The monoisotopic (exact) mass is 374 g/mol. The second kappa shape index (κ2) is 9.03. The van der Waals surface area contributed by atoms with Crippen molar-refractivity contribution in [3.8, 4) is 5.75 Å². The van der Waals surface area contributed by atoms with Gasteiger partial charge in [0, 0.05) is 36.9 Å². The van der Waals surface area contributed by atoms with Gasteiger partial charge in [0.15, 0.2) is 0 Å². The van der Waals surface area contributed by atoms with E-state index in [1.165, 1.54) is 0 Å². The van der Waals surface area contributed by atoms with Gasteiger partial charge in [-0.1, -0.05) is 29.8 Å². The molecular weight excluding hydrogens is 352 g/mol. The minimum atomic E-state index is -0.0991. The normalized spacial score (nSPS) is 14.8. The Balaban J connectivity index is 1.84. The van der Waals surface area contributed by atoms with Crippen molar-refractivity contribution in [2.45, 2.75) is 0 Å². The van der Waals surface area contributed by atoms with Crippen molar-refractivity contribution >= 4 is 23.2 Å². The predicted molar refractivity (Wildman–Crippen MR) is 103 cm³/mol. The molecule has 1 amide bonds. The minimum Gasteiger partial charge on any atom is -0.496 e. The Bertz CT molecular complexity index is 733. The lowest BCUT2D eigenvalue weighted by molar-refractivity contribution is 0.0391. The van der Waals surface area contributed by atoms with E-state index in [0.29, 0.717) is 22.9 Å². The molecule has 0 radical (unpaired) electrons. The second-order valence-corrected chi connectivity index (χ2v) is 6.53. The molecule has 6 heteroatoms. The van der Waals surface area contributed by atoms with Gasteiger partial charge in [-0.25, -0.2) is 0 Å². The number of rotatable bonds is 6. The lowest BCUT2D eigenvalue weighted by Gasteiger charge is -2.30. The van der Waals surface area contributed by atoms with Crippen LogP contribution in [0.4, 0.5) is 5.69 Å². The molecule has 0 aliphatic carbocycles. The largest absolute Gasteiger partial charge is 0.496 e. The number of para-hydroxylation sites is 1. The number of carbonyl (C=O) groups excluding carboxylic acids is 1. The number of anilines is 1. The Hall–Kier alpha value is -2.08. The predicted octanol–water partition coefficient (Wildman–Crippen LogP) is 3.33. The van der Waals surface area contributed by atoms with Crippen molar-refractivity contribution in [1.82, 2.24) is 4.90 Å². The number of halogens is 1. The molecular formula is C20H23ClN2O3. The molecule has 1 saturated heterocycles. The molecule has 2 aromatic rings. The number of hydrogen-bond donors (Lipinski definition) is 0. The zero-order chi connectivity index (χ0) is 18.4. The highest BCUT2D eigenvalue weighted by Gasteiger charge is 2.22. The number of carbonyl (C=O) groups is 1. The van der Waals surface area contributed by atoms with Crippen LogP contribution in [0.5, 0.6) is 5.75 Å². The summed E-state index contributed by atoms with van der Waals surface area (Å²) in [7, 11) is 1.54. The van der Waals surface area contributed by atoms with E-state index in [-0.39, 0.29) is 5.91 Å². The third-order valence-electron chi connectivity index (χ3n) is 4.45. The first kappa shape index (κ1) is 18.7. The van der Waals surface area contributed by atoms with Crippen LogP contribution < -0.4 is 9.64 Å². The first-order valence-corrected chi connectivity index (χ1v) is 9.07. The van der Waals surface area contributed by atoms with E-state index in [2.05, 4.69) is 4.90 Å². The zero-order valence-electron chi connectivity index (χ0n) is 14.9. The third kappa shape index (κ3) is 4.55. The van der Waals surface area contributed by atoms with Crippen LogP contribution in [0, 0.1) is 0 Å². The summed E-state index contributed by atoms with van der Waals surface area (Å²) in [6.45, 7) is 4.64. The molecule has 0 N–H and O–H groups in total. The topological polar surface area (TPSA) is 42.0 Å². The van der Waals surface area contributed by atoms with Crippen LogP contribution in [-0.4, -0.2) is 57.3 Å². The summed E-state index contributed by atoms with van der Waals surface area (Å²) >= 11 is 6.04. The highest BCUT2D eigenvalue weighted by Crippen LogP contribution is 2.26. The lowest BCUT2D eigenvalue weighted by atomic mass is 10.1. The molecule has 0 saturated carbocycles. The summed E-state index contributed by atoms with van der Waals surface area (Å²) in [6.07, 6.45) is 0. The number of methoxy groups -OCH3 is 1. The van der Waals surface area contributed by atoms with Gasteiger partial charge in [0.25, 0.3) is 5.91 Å². The molecule has 0 unspecified atom stereocenters. The molecule has 0 bridgehead atoms. The van der Waals surface area contributed by atoms with Crippen molar-refractivity contribution in [3.63, 3.8) is 0 Å². The molecule has 0 atom stereocenters. The van der Waals surface area contributed by atoms with Gasteiger partial charge < -0.3 is 14.4 Å². The SMILES string of the molecule is COc1cc(Cl)ccc1C(=O)N(CCN1CCOCC1)c1ccccc1. The highest BCUT2D eigenvalue weighted by atomic mass is 35.5. The van der Waals surface area contributed by atoms with Crippen LogP contribution in [0.25, 0.3) is 0 Å². The Labute approximate surface area is 159 Å². The summed E-state index contributed by atoms with van der Waals surface area (Å²) in [5.74, 6) is 0.382. The van der Waals surface area contributed by atoms with Crippen LogP contribution in [0.2, 0.25) is 5.02 Å². The van der Waals surface area contributed by atoms with Crippen molar-refractivity contribution in [2.24, 2.45) is 0 Å². The van der Waals surface area contributed by atoms with Gasteiger partial charge >= 0.3 is 0 Å². The van der Waals surface area contributed by atoms with Gasteiger partial charge in [0.05, 0.1) is 25.9 Å². The van der Waals surface area contributed by atoms with E-state index in [4.69, 9.17) is 21.1 Å². The maximum Gasteiger partial charge on any atom is 0.262 e. The molecule has 138 valence electrons. The van der Waals surface area contributed by atoms with Crippen LogP contribution in [0.15, 0.2) is 48.5 Å². The average Bonchev–Trinajstić information content (AvgIpc) is 2.69. The van der Waals surface area contributed by atoms with Gasteiger partial charge in [0.2, 0.25) is 0 Å². The molecule has 2 aromatic carbocycles. The molecule has 5 nitrogen and oxygen atoms in total. The van der Waals surface area contributed by atoms with E-state index in [0.717, 1.165) is 38.5 Å². The minimum absolute atomic E-state index is 0.0991. The van der Waals surface area contributed by atoms with E-state index in [1.807, 2.05) is 30.3 Å². The van der Waals surface area contributed by atoms with Gasteiger partial charge in [-0.15, -0.1) is 0 Å². The van der Waals surface area contributed by atoms with E-state index in [9.17, 15) is 4.79 Å². The number of morpholine rings is 1. The Morgan fingerprint density at radius 2 is 1.92 bits per heavy atom. The third-order valence-corrected chi connectivity index (χ3v) is 4.69. The lowest BCUT2D eigenvalue weighted by Crippen LogP contribution is -2.43. The van der Waals surface area contributed by atoms with Gasteiger partial charge in [-0.3, -0.25) is 9.69 Å². The standard InChI is InChI=1S/C20H23ClN2O3/c1-25-19-15-16(21)7-8-18(19)20(24)23(17-5-3-2-4-6-17)10-9-22-11-13-26-14-12-22/h2-8,15H,9-14H2,1H3. The fraction of sp³-hybridized carbons (Fsp3) is 0.350. The van der Waals surface area contributed by atoms with Crippen molar-refractivity contribution < 1.29 is 14.3 Å². The van der Waals surface area contributed by atoms with Crippen LogP contribution >= 0.6 is 11.6 Å². The smallest absolute Gasteiger partial charge is 0.262 e. The maximum absolute atomic E-state index is 13.3. The Kier molecular flexibility index (Phi) is 6.50. The molecule has 3 rings (SSSR count). The van der Waals surface area contributed by atoms with E-state index in [1.54, 1.807) is 30.2 Å². The first-order chi connectivity index (χ1) is 12.7. The van der Waals surface area contributed by atoms with Crippen molar-refractivity contribution in [3.05, 3.63) is 59.1 Å². The van der Waals surface area contributed by atoms with E-state index >= 15 is 0 Å². The summed E-state index contributed by atoms with van der Waals surface area (Å²) in [6, 6.07) is 14.8. The number of hydrogen-bond acceptors (Lipinski definition) is 4. The summed E-state index contributed by atoms with van der Waals surface area (Å²) in [5.41, 5.74) is 1.37. The highest BCUT2D eigenvalue weighted by molar-refractivity contribution is 6.31. The van der Waals surface area contributed by atoms with Gasteiger partial charge in [0.1, 0.15) is 5.75 Å². The fourth-order valence-corrected chi connectivity index (χ4v) is 3.17. The molecule has 1 aliphatic heterocycles. The van der Waals surface area contributed by atoms with Crippen molar-refractivity contribution in [2.75, 3.05) is 51.4 Å². The summed E-state index contributed by atoms with van der Waals surface area (Å²) < 4.78 is 10.8. The van der Waals surface area contributed by atoms with Gasteiger partial charge in [-0.2, -0.15) is 0 Å². The fourth-order valence-electron chi connectivity index (χ4n) is 3.01. The maximum atomic E-state index is 13.3. The zero-order valence-corrected chi connectivity index (χ0v) is 15.6. The molecule has 0 aromatic heterocycles. The number of amides is 1. The molecule has 1 fully saturated rings. The molecule has 26 heavy (non-hydrogen) atoms. The van der Waals surface area contributed by atoms with Crippen LogP contribution in [0.3, 0.4) is 0 Å². The number of benzene rings is 2. The average molecular weight is 375 g/mol. The Morgan fingerprint density at radius 3 is 2.62 bits per heavy atom. The van der Waals surface area contributed by atoms with E-state index < -0.39 is 0 Å². The van der Waals surface area contributed by atoms with Crippen LogP contribution in [0.1, 0.15) is 10.4 Å². The van der Waals surface area contributed by atoms with Gasteiger partial charge in [-0.05, 0) is 30.3 Å². The summed E-state index contributed by atoms with van der Waals surface area (Å²) in [4.78, 5) is 17.4. The Morgan fingerprint density at radius 1 is 1.19 bits per heavy atom. The molecule has 1 aliphatic rings. The molecule has 1 heterocycles. The quantitative estimate of drug-likeness (QED) is 0.777. The first-order valence-electron chi connectivity index (χ1n) is 8.69. The summed E-state index contributed by atoms with van der Waals surface area (Å²) in [5, 5.41) is 0.540. The number of ether oxygens (including phenoxy) is 2. The van der Waals surface area contributed by atoms with Crippen molar-refractivity contribution in [1.29, 1.82) is 0 Å².